The van der Waals surface area contributed by atoms with Gasteiger partial charge < -0.3 is 35.0 Å². The van der Waals surface area contributed by atoms with E-state index in [9.17, 15) is 22.0 Å². The number of hydrogen-bond donors (Lipinski definition) is 4. The first-order valence-electron chi connectivity index (χ1n) is 36.7. The summed E-state index contributed by atoms with van der Waals surface area (Å²) in [4.78, 5) is 16.8. The minimum absolute atomic E-state index is 0.00317. The van der Waals surface area contributed by atoms with Gasteiger partial charge in [-0.25, -0.2) is 23.7 Å². The molecular weight excluding hydrogens is 1450 g/mol. The summed E-state index contributed by atoms with van der Waals surface area (Å²) in [5.74, 6) is 2.56. The van der Waals surface area contributed by atoms with E-state index in [0.717, 1.165) is 86.9 Å². The Morgan fingerprint density at radius 1 is 0.448 bits per heavy atom. The fourth-order valence-electron chi connectivity index (χ4n) is 15.6. The number of imidazole rings is 3. The van der Waals surface area contributed by atoms with Crippen LogP contribution in [0.25, 0.3) is 0 Å². The van der Waals surface area contributed by atoms with Crippen LogP contribution < -0.4 is 21.3 Å². The topological polar surface area (TPSA) is 114 Å². The summed E-state index contributed by atoms with van der Waals surface area (Å²) in [6, 6.07) is 30.5. The lowest BCUT2D eigenvalue weighted by atomic mass is 9.82. The van der Waals surface area contributed by atoms with E-state index in [4.69, 9.17) is 0 Å². The monoisotopic (exact) mass is 1560 g/mol. The predicted octanol–water partition coefficient (Wildman–Crippen LogP) is 21.7. The van der Waals surface area contributed by atoms with Crippen LogP contribution in [-0.4, -0.2) is 59.8 Å². The molecule has 0 saturated heterocycles. The number of rotatable bonds is 9. The minimum Gasteiger partial charge on any atom is -0.384 e. The Labute approximate surface area is 635 Å². The van der Waals surface area contributed by atoms with Gasteiger partial charge in [0.25, 0.3) is 0 Å². The van der Waals surface area contributed by atoms with Crippen LogP contribution in [0.3, 0.4) is 0 Å². The van der Waals surface area contributed by atoms with Gasteiger partial charge in [-0.05, 0) is 242 Å². The van der Waals surface area contributed by atoms with E-state index < -0.39 is 11.7 Å². The van der Waals surface area contributed by atoms with Crippen LogP contribution >= 0.6 is 31.9 Å². The molecule has 2 aliphatic carbocycles. The molecule has 18 heteroatoms. The van der Waals surface area contributed by atoms with Crippen molar-refractivity contribution in [3.63, 3.8) is 0 Å². The third-order valence-corrected chi connectivity index (χ3v) is 23.6. The van der Waals surface area contributed by atoms with Gasteiger partial charge >= 0.3 is 6.18 Å². The Morgan fingerprint density at radius 3 is 1.50 bits per heavy atom. The number of hydrogen-bond acceptors (Lipinski definition) is 8. The lowest BCUT2D eigenvalue weighted by molar-refractivity contribution is -0.138. The maximum atomic E-state index is 13.8. The predicted molar refractivity (Wildman–Crippen MR) is 427 cm³/mol. The largest absolute Gasteiger partial charge is 0.416 e. The van der Waals surface area contributed by atoms with Crippen molar-refractivity contribution < 1.29 is 22.0 Å². The van der Waals surface area contributed by atoms with Gasteiger partial charge in [-0.15, -0.1) is 0 Å². The molecule has 556 valence electrons. The van der Waals surface area contributed by atoms with Crippen molar-refractivity contribution in [3.8, 4) is 0 Å². The molecule has 0 atom stereocenters. The standard InChI is InChI=1S/C18H21N.C16H18F3N3.2C16H21N3.C11H12BrF.C10H11BrFN/c1-18(2)10-9-16-8-7-14(12-17(16)18)5-6-15-4-3-11-19-13-15;1-10-20-4-5-22(10)8-11-6-13-14(21-9-15(13,2)3)7-12(11)16(17,18)19;1-11-7-15-14(16(3,4)10-18-15)8-13(11)9-19-6-5-17-12(19)2;1-11-13(9-19-8-7-17-12(19)2)5-6-14-15(11)16(3,4)10-18-14;1-11(2)6-5-7-3-4-8(12)10(13)9(7)11;1-10(2)5-13-9-4-8(12)7(11)3-6(9)10/h3-4,7-8,11-13H,5-6,9-10H2,1-2H3;4-7,21H,8-9H2,1-3H3;2*5-8,18H,9-10H2,1-4H3;3-4H,5-6H2,1-2H3;3-4,13H,5H2,1-2H3. The van der Waals surface area contributed by atoms with E-state index in [1.807, 2.05) is 83.1 Å². The van der Waals surface area contributed by atoms with Crippen LogP contribution in [0.4, 0.5) is 44.7 Å². The molecule has 4 aliphatic heterocycles. The summed E-state index contributed by atoms with van der Waals surface area (Å²) in [7, 11) is 0. The average molecular weight is 1560 g/mol. The van der Waals surface area contributed by atoms with Crippen molar-refractivity contribution in [2.24, 2.45) is 0 Å². The zero-order chi connectivity index (χ0) is 75.9. The molecular formula is C87H104Br2F5N11. The van der Waals surface area contributed by atoms with Crippen LogP contribution in [0.1, 0.15) is 202 Å². The van der Waals surface area contributed by atoms with Crippen LogP contribution in [-0.2, 0) is 84.0 Å². The maximum absolute atomic E-state index is 13.8. The summed E-state index contributed by atoms with van der Waals surface area (Å²) >= 11 is 6.42. The Bertz CT molecular complexity index is 4740. The normalized spacial score (nSPS) is 16.8. The van der Waals surface area contributed by atoms with Gasteiger partial charge in [0.05, 0.1) is 14.5 Å². The number of aryl methyl sites for hydroxylation is 8. The molecule has 8 heterocycles. The Hall–Kier alpha value is -8.09. The van der Waals surface area contributed by atoms with E-state index in [-0.39, 0.29) is 50.8 Å². The van der Waals surface area contributed by atoms with E-state index in [0.29, 0.717) is 32.4 Å². The number of pyridine rings is 1. The van der Waals surface area contributed by atoms with Crippen molar-refractivity contribution in [2.45, 2.75) is 215 Å². The molecule has 10 aromatic rings. The molecule has 4 aromatic heterocycles. The van der Waals surface area contributed by atoms with Gasteiger partial charge in [0.2, 0.25) is 0 Å². The Kier molecular flexibility index (Phi) is 22.8. The number of halogens is 7. The first kappa shape index (κ1) is 78.0. The Morgan fingerprint density at radius 2 is 0.943 bits per heavy atom. The van der Waals surface area contributed by atoms with E-state index >= 15 is 0 Å². The summed E-state index contributed by atoms with van der Waals surface area (Å²) < 4.78 is 74.3. The van der Waals surface area contributed by atoms with Gasteiger partial charge in [-0.3, -0.25) is 4.98 Å². The number of benzene rings is 6. The average Bonchev–Trinajstić information content (AvgIpc) is 1.69. The first-order valence-corrected chi connectivity index (χ1v) is 38.3. The third kappa shape index (κ3) is 17.5. The highest BCUT2D eigenvalue weighted by Gasteiger charge is 2.40. The molecule has 16 rings (SSSR count). The minimum atomic E-state index is -4.37. The van der Waals surface area contributed by atoms with Crippen molar-refractivity contribution in [1.29, 1.82) is 0 Å². The SMILES string of the molecule is CC1(C)CCc2ccc(Br)c(F)c21.CC1(C)CCc2ccc(CCc3cccnc3)cc21.CC1(C)CNc2cc(F)c(Br)cc21.Cc1c(Cn2ccnc2C)ccc2c1C(C)(C)CN2.Cc1cc2c(cc1Cn1ccnc1C)C(C)(C)CN2.Cc1nccn1Cc1cc2c(cc1C(F)(F)F)NCC2(C)C. The molecule has 0 amide bonds. The van der Waals surface area contributed by atoms with Gasteiger partial charge in [0.1, 0.15) is 29.1 Å². The highest BCUT2D eigenvalue weighted by molar-refractivity contribution is 9.10. The zero-order valence-electron chi connectivity index (χ0n) is 64.2. The molecule has 0 saturated carbocycles. The molecule has 0 unspecified atom stereocenters. The van der Waals surface area contributed by atoms with Crippen LogP contribution in [0.2, 0.25) is 0 Å². The second-order valence-corrected chi connectivity index (χ2v) is 34.9. The van der Waals surface area contributed by atoms with Crippen LogP contribution in [0, 0.1) is 46.3 Å². The van der Waals surface area contributed by atoms with Crippen molar-refractivity contribution >= 4 is 54.6 Å². The lowest BCUT2D eigenvalue weighted by Gasteiger charge is -2.21. The zero-order valence-corrected chi connectivity index (χ0v) is 67.4. The van der Waals surface area contributed by atoms with Gasteiger partial charge in [0, 0.05) is 140 Å². The molecule has 6 aromatic carbocycles. The van der Waals surface area contributed by atoms with Gasteiger partial charge in [-0.2, -0.15) is 13.2 Å². The first-order chi connectivity index (χ1) is 49.3. The summed E-state index contributed by atoms with van der Waals surface area (Å²) in [5, 5.41) is 13.3. The number of anilines is 4. The van der Waals surface area contributed by atoms with E-state index in [2.05, 4.69) is 214 Å². The fourth-order valence-corrected chi connectivity index (χ4v) is 16.3. The number of nitrogens with one attached hydrogen (secondary N) is 4. The summed E-state index contributed by atoms with van der Waals surface area (Å²) in [6.07, 6.45) is 17.3. The summed E-state index contributed by atoms with van der Waals surface area (Å²) in [5.41, 5.74) is 23.1. The quantitative estimate of drug-likeness (QED) is 0.106. The molecule has 11 nitrogen and oxygen atoms in total. The van der Waals surface area contributed by atoms with E-state index in [1.54, 1.807) is 53.2 Å². The van der Waals surface area contributed by atoms with E-state index in [1.165, 1.54) is 85.9 Å². The van der Waals surface area contributed by atoms with Crippen molar-refractivity contribution in [2.75, 3.05) is 47.4 Å². The highest BCUT2D eigenvalue weighted by atomic mass is 79.9. The molecule has 6 aliphatic rings. The third-order valence-electron chi connectivity index (χ3n) is 22.4. The molecule has 0 bridgehead atoms. The smallest absolute Gasteiger partial charge is 0.384 e. The molecule has 4 N–H and O–H groups in total. The fraction of sp³-hybridized carbons (Fsp3) is 0.425. The number of fused-ring (bicyclic) bond motifs is 6. The van der Waals surface area contributed by atoms with Crippen molar-refractivity contribution in [1.82, 2.24) is 33.6 Å². The Balaban J connectivity index is 0.000000127. The molecule has 0 radical (unpaired) electrons. The summed E-state index contributed by atoms with van der Waals surface area (Å²) in [6.45, 7) is 42.4. The van der Waals surface area contributed by atoms with Crippen molar-refractivity contribution in [3.05, 3.63) is 268 Å². The number of nitrogens with zero attached hydrogens (tertiary/aromatic N) is 7. The second kappa shape index (κ2) is 30.6. The van der Waals surface area contributed by atoms with Gasteiger partial charge in [-0.1, -0.05) is 132 Å². The van der Waals surface area contributed by atoms with Gasteiger partial charge in [0.15, 0.2) is 0 Å². The second-order valence-electron chi connectivity index (χ2n) is 33.2. The highest BCUT2D eigenvalue weighted by Crippen LogP contribution is 2.46. The maximum Gasteiger partial charge on any atom is 0.416 e. The van der Waals surface area contributed by atoms with Crippen LogP contribution in [0.15, 0.2) is 150 Å². The number of alkyl halides is 3. The molecule has 0 spiro atoms. The number of aromatic nitrogens is 7. The molecule has 0 fully saturated rings. The van der Waals surface area contributed by atoms with Crippen LogP contribution in [0.5, 0.6) is 0 Å². The molecule has 105 heavy (non-hydrogen) atoms. The lowest BCUT2D eigenvalue weighted by Crippen LogP contribution is -2.20.